The Morgan fingerprint density at radius 1 is 1.28 bits per heavy atom. The van der Waals surface area contributed by atoms with E-state index in [1.807, 2.05) is 6.07 Å². The van der Waals surface area contributed by atoms with Crippen LogP contribution >= 0.6 is 0 Å². The monoisotopic (exact) mass is 442 g/mol. The van der Waals surface area contributed by atoms with Crippen molar-refractivity contribution in [2.45, 2.75) is 69.0 Å². The molecule has 170 valence electrons. The number of Topliss-reactive ketones (excluding diaryl/α,β-unsaturated/α-hetero) is 1. The van der Waals surface area contributed by atoms with Crippen molar-refractivity contribution in [3.05, 3.63) is 35.1 Å². The summed E-state index contributed by atoms with van der Waals surface area (Å²) in [5.41, 5.74) is -0.0984. The van der Waals surface area contributed by atoms with Gasteiger partial charge in [0, 0.05) is 12.0 Å². The van der Waals surface area contributed by atoms with Crippen LogP contribution in [-0.2, 0) is 31.0 Å². The molecule has 0 amide bonds. The molecule has 1 fully saturated rings. The molecule has 1 heterocycles. The van der Waals surface area contributed by atoms with Gasteiger partial charge in [0.25, 0.3) is 0 Å². The molecular weight excluding hydrogens is 416 g/mol. The number of benzene rings is 1. The van der Waals surface area contributed by atoms with E-state index in [1.54, 1.807) is 12.1 Å². The first-order valence-corrected chi connectivity index (χ1v) is 11.0. The zero-order valence-corrected chi connectivity index (χ0v) is 17.8. The molecule has 1 saturated carbocycles. The van der Waals surface area contributed by atoms with E-state index in [4.69, 9.17) is 14.6 Å². The van der Waals surface area contributed by atoms with Crippen molar-refractivity contribution in [2.75, 3.05) is 0 Å². The summed E-state index contributed by atoms with van der Waals surface area (Å²) in [5.74, 6) is -2.88. The minimum Gasteiger partial charge on any atom is -0.504 e. The van der Waals surface area contributed by atoms with Crippen LogP contribution in [0.5, 0.6) is 11.5 Å². The molecule has 1 aromatic carbocycles. The van der Waals surface area contributed by atoms with Crippen molar-refractivity contribution in [1.82, 2.24) is 0 Å². The van der Waals surface area contributed by atoms with Crippen LogP contribution in [0.2, 0.25) is 0 Å². The van der Waals surface area contributed by atoms with Crippen molar-refractivity contribution < 1.29 is 39.2 Å². The van der Waals surface area contributed by atoms with Gasteiger partial charge in [-0.2, -0.15) is 0 Å². The first-order chi connectivity index (χ1) is 15.2. The highest BCUT2D eigenvalue weighted by atomic mass is 16.6. The molecule has 0 saturated heterocycles. The Bertz CT molecular complexity index is 1040. The Balaban J connectivity index is 1.54. The lowest BCUT2D eigenvalue weighted by atomic mass is 9.47. The van der Waals surface area contributed by atoms with Crippen LogP contribution in [0, 0.1) is 11.8 Å². The van der Waals surface area contributed by atoms with Crippen molar-refractivity contribution in [3.63, 3.8) is 0 Å². The second kappa shape index (κ2) is 7.07. The Labute approximate surface area is 184 Å². The highest BCUT2D eigenvalue weighted by Crippen LogP contribution is 2.67. The topological polar surface area (TPSA) is 130 Å². The zero-order chi connectivity index (χ0) is 22.8. The lowest BCUT2D eigenvalue weighted by Crippen LogP contribution is -2.67. The van der Waals surface area contributed by atoms with Gasteiger partial charge in [-0.3, -0.25) is 9.59 Å². The van der Waals surface area contributed by atoms with E-state index >= 15 is 0 Å². The molecule has 8 heteroatoms. The predicted molar refractivity (Wildman–Crippen MR) is 110 cm³/mol. The number of aliphatic carboxylic acids is 1. The second-order valence-electron chi connectivity index (χ2n) is 9.57. The Hall–Kier alpha value is -2.87. The van der Waals surface area contributed by atoms with Gasteiger partial charge >= 0.3 is 11.9 Å². The zero-order valence-electron chi connectivity index (χ0n) is 17.8. The molecule has 2 bridgehead atoms. The maximum absolute atomic E-state index is 12.9. The molecule has 0 aromatic heterocycles. The van der Waals surface area contributed by atoms with Gasteiger partial charge in [-0.25, -0.2) is 0 Å². The predicted octanol–water partition coefficient (Wildman–Crippen LogP) is 2.38. The fourth-order valence-electron chi connectivity index (χ4n) is 6.53. The van der Waals surface area contributed by atoms with Gasteiger partial charge in [-0.05, 0) is 56.2 Å². The molecule has 3 aliphatic carbocycles. The number of ether oxygens (including phenoxy) is 2. The highest BCUT2D eigenvalue weighted by Gasteiger charge is 2.70. The molecule has 32 heavy (non-hydrogen) atoms. The molecule has 1 aliphatic heterocycles. The number of carbonyl (C=O) groups excluding carboxylic acids is 2. The van der Waals surface area contributed by atoms with Crippen LogP contribution in [0.15, 0.2) is 24.0 Å². The van der Waals surface area contributed by atoms with Gasteiger partial charge in [-0.1, -0.05) is 12.5 Å². The highest BCUT2D eigenvalue weighted by molar-refractivity contribution is 5.86. The van der Waals surface area contributed by atoms with E-state index in [9.17, 15) is 24.6 Å². The number of rotatable bonds is 6. The third kappa shape index (κ3) is 2.75. The minimum atomic E-state index is -1.19. The average Bonchev–Trinajstić information content (AvgIpc) is 3.05. The second-order valence-corrected chi connectivity index (χ2v) is 9.57. The van der Waals surface area contributed by atoms with E-state index in [-0.39, 0.29) is 36.1 Å². The molecule has 0 unspecified atom stereocenters. The molecule has 5 rings (SSSR count). The number of ketones is 1. The summed E-state index contributed by atoms with van der Waals surface area (Å²) in [5, 5.41) is 31.6. The summed E-state index contributed by atoms with van der Waals surface area (Å²) in [7, 11) is 0. The molecule has 1 spiro atoms. The maximum atomic E-state index is 12.9. The molecule has 0 radical (unpaired) electrons. The number of hydrogen-bond donors (Lipinski definition) is 3. The van der Waals surface area contributed by atoms with Gasteiger partial charge in [-0.15, -0.1) is 0 Å². The number of carboxylic acids is 1. The van der Waals surface area contributed by atoms with Gasteiger partial charge < -0.3 is 29.6 Å². The van der Waals surface area contributed by atoms with Crippen LogP contribution in [0.1, 0.15) is 56.6 Å². The largest absolute Gasteiger partial charge is 0.504 e. The normalized spacial score (nSPS) is 32.2. The molecule has 8 nitrogen and oxygen atoms in total. The number of carboxylic acid groups (broad SMARTS) is 1. The number of phenols is 1. The minimum absolute atomic E-state index is 0.0232. The molecule has 5 atom stereocenters. The summed E-state index contributed by atoms with van der Waals surface area (Å²) in [6.07, 6.45) is 3.43. The lowest BCUT2D eigenvalue weighted by Gasteiger charge is -2.59. The van der Waals surface area contributed by atoms with Crippen LogP contribution < -0.4 is 4.74 Å². The smallest absolute Gasteiger partial charge is 0.315 e. The Morgan fingerprint density at radius 3 is 2.78 bits per heavy atom. The van der Waals surface area contributed by atoms with Crippen molar-refractivity contribution >= 4 is 17.7 Å². The van der Waals surface area contributed by atoms with E-state index in [0.29, 0.717) is 18.6 Å². The van der Waals surface area contributed by atoms with E-state index < -0.39 is 41.4 Å². The molecule has 3 N–H and O–H groups in total. The molecule has 4 aliphatic rings. The van der Waals surface area contributed by atoms with E-state index in [0.717, 1.165) is 24.0 Å². The Morgan fingerprint density at radius 2 is 2.06 bits per heavy atom. The summed E-state index contributed by atoms with van der Waals surface area (Å²) in [6, 6.07) is 3.46. The number of aliphatic hydroxyl groups is 1. The number of phenolic OH excluding ortho intramolecular Hbond substituents is 1. The van der Waals surface area contributed by atoms with Gasteiger partial charge in [0.2, 0.25) is 0 Å². The number of esters is 1. The first-order valence-electron chi connectivity index (χ1n) is 11.0. The lowest BCUT2D eigenvalue weighted by molar-refractivity contribution is -0.164. The molecule has 1 aromatic rings. The van der Waals surface area contributed by atoms with Gasteiger partial charge in [0.1, 0.15) is 11.5 Å². The number of aromatic hydroxyl groups is 1. The van der Waals surface area contributed by atoms with Gasteiger partial charge in [0.05, 0.1) is 23.4 Å². The molecular formula is C24H26O8. The van der Waals surface area contributed by atoms with Crippen LogP contribution in [-0.4, -0.2) is 44.7 Å². The van der Waals surface area contributed by atoms with Crippen molar-refractivity contribution in [1.29, 1.82) is 0 Å². The third-order valence-electron chi connectivity index (χ3n) is 7.77. The SMILES string of the molecule is CC(=O)C[C@@H](CC(=O)O)C(=O)OC1=CC[C@@]2(O)[C@@H]3CCC[C@@]24c2c(ccc(O)c2O[C@@H]14)C3. The van der Waals surface area contributed by atoms with Crippen LogP contribution in [0.3, 0.4) is 0 Å². The van der Waals surface area contributed by atoms with Crippen LogP contribution in [0.25, 0.3) is 0 Å². The van der Waals surface area contributed by atoms with E-state index in [2.05, 4.69) is 0 Å². The number of carbonyl (C=O) groups is 3. The number of hydrogen-bond acceptors (Lipinski definition) is 7. The van der Waals surface area contributed by atoms with Crippen molar-refractivity contribution in [2.24, 2.45) is 11.8 Å². The summed E-state index contributed by atoms with van der Waals surface area (Å²) >= 11 is 0. The quantitative estimate of drug-likeness (QED) is 0.573. The summed E-state index contributed by atoms with van der Waals surface area (Å²) < 4.78 is 11.9. The van der Waals surface area contributed by atoms with E-state index in [1.165, 1.54) is 6.92 Å². The third-order valence-corrected chi connectivity index (χ3v) is 7.77. The average molecular weight is 442 g/mol. The fraction of sp³-hybridized carbons (Fsp3) is 0.542. The summed E-state index contributed by atoms with van der Waals surface area (Å²) in [4.78, 5) is 35.7. The summed E-state index contributed by atoms with van der Waals surface area (Å²) in [6.45, 7) is 1.30. The van der Waals surface area contributed by atoms with Crippen LogP contribution in [0.4, 0.5) is 0 Å². The Kier molecular flexibility index (Phi) is 4.64. The first kappa shape index (κ1) is 21.0. The standard InChI is InChI=1S/C24H26O8/c1-12(25)9-14(11-18(27)28)22(29)31-17-6-8-24(30)15-3-2-7-23(24)19-13(10-15)4-5-16(26)20(19)32-21(17)23/h4-6,14-15,21,26,30H,2-3,7-11H2,1H3,(H,27,28)/t14-,15+,21-,23-,24+/m0/s1. The fourth-order valence-corrected chi connectivity index (χ4v) is 6.53. The van der Waals surface area contributed by atoms with Gasteiger partial charge in [0.15, 0.2) is 17.6 Å². The maximum Gasteiger partial charge on any atom is 0.315 e. The van der Waals surface area contributed by atoms with Crippen molar-refractivity contribution in [3.8, 4) is 11.5 Å².